The topological polar surface area (TPSA) is 76.7 Å². The summed E-state index contributed by atoms with van der Waals surface area (Å²) in [5, 5.41) is 5.84. The Morgan fingerprint density at radius 3 is 2.54 bits per heavy atom. The lowest BCUT2D eigenvalue weighted by Crippen LogP contribution is -2.38. The maximum atomic E-state index is 11.1. The first-order valence-corrected chi connectivity index (χ1v) is 4.08. The molecule has 0 saturated carbocycles. The molecule has 1 amide bonds. The quantitative estimate of drug-likeness (QED) is 0.382. The van der Waals surface area contributed by atoms with E-state index in [0.29, 0.717) is 0 Å². The number of nitrogens with two attached hydrogens (primary N) is 1. The number of alkyl carbamates (subject to hydrolysis) is 1. The molecule has 0 aliphatic carbocycles. The molecule has 3 N–H and O–H groups in total. The summed E-state index contributed by atoms with van der Waals surface area (Å²) in [6, 6.07) is -0.222. The number of nitrogens with zero attached hydrogens (tertiary/aromatic N) is 1. The van der Waals surface area contributed by atoms with Gasteiger partial charge in [-0.3, -0.25) is 0 Å². The fourth-order valence-electron chi connectivity index (χ4n) is 0.660. The number of carbonyl (C=O) groups excluding carboxylic acids is 1. The van der Waals surface area contributed by atoms with E-state index in [1.54, 1.807) is 27.7 Å². The van der Waals surface area contributed by atoms with Crippen LogP contribution in [0.2, 0.25) is 0 Å². The van der Waals surface area contributed by atoms with Gasteiger partial charge in [0.2, 0.25) is 0 Å². The zero-order valence-electron chi connectivity index (χ0n) is 8.50. The van der Waals surface area contributed by atoms with Crippen LogP contribution in [-0.2, 0) is 4.74 Å². The Bertz CT molecular complexity index is 196. The summed E-state index contributed by atoms with van der Waals surface area (Å²) in [5.41, 5.74) is -0.482. The minimum absolute atomic E-state index is 0.222. The third-order valence-electron chi connectivity index (χ3n) is 1.05. The van der Waals surface area contributed by atoms with E-state index < -0.39 is 11.7 Å². The maximum absolute atomic E-state index is 11.1. The molecule has 5 nitrogen and oxygen atoms in total. The molecule has 0 aliphatic rings. The number of nitrogens with one attached hydrogen (secondary N) is 1. The van der Waals surface area contributed by atoms with Gasteiger partial charge in [0.25, 0.3) is 0 Å². The summed E-state index contributed by atoms with van der Waals surface area (Å²) in [6.45, 7) is 7.15. The van der Waals surface area contributed by atoms with E-state index in [2.05, 4.69) is 10.4 Å². The van der Waals surface area contributed by atoms with Crippen molar-refractivity contribution in [3.05, 3.63) is 0 Å². The fourth-order valence-corrected chi connectivity index (χ4v) is 0.660. The second-order valence-electron chi connectivity index (χ2n) is 3.73. The fraction of sp³-hybridized carbons (Fsp3) is 0.750. The van der Waals surface area contributed by atoms with Gasteiger partial charge < -0.3 is 15.9 Å². The van der Waals surface area contributed by atoms with Crippen LogP contribution in [0.4, 0.5) is 4.79 Å². The largest absolute Gasteiger partial charge is 0.444 e. The second kappa shape index (κ2) is 4.69. The summed E-state index contributed by atoms with van der Waals surface area (Å²) in [5.74, 6) is 4.91. The van der Waals surface area contributed by atoms with E-state index in [1.807, 2.05) is 0 Å². The molecule has 0 bridgehead atoms. The van der Waals surface area contributed by atoms with Crippen molar-refractivity contribution >= 4 is 12.3 Å². The Hall–Kier alpha value is -1.26. The van der Waals surface area contributed by atoms with Gasteiger partial charge in [0.1, 0.15) is 5.60 Å². The van der Waals surface area contributed by atoms with Crippen molar-refractivity contribution in [3.8, 4) is 0 Å². The minimum atomic E-state index is -0.482. The van der Waals surface area contributed by atoms with Crippen molar-refractivity contribution in [1.82, 2.24) is 5.32 Å². The van der Waals surface area contributed by atoms with Crippen LogP contribution < -0.4 is 11.2 Å². The monoisotopic (exact) mass is 187 g/mol. The number of ether oxygens (including phenoxy) is 1. The Balaban J connectivity index is 3.88. The van der Waals surface area contributed by atoms with Gasteiger partial charge in [-0.25, -0.2) is 4.79 Å². The summed E-state index contributed by atoms with van der Waals surface area (Å²) in [7, 11) is 0. The Labute approximate surface area is 78.3 Å². The number of rotatable bonds is 2. The number of carbonyl (C=O) groups is 1. The summed E-state index contributed by atoms with van der Waals surface area (Å²) in [4.78, 5) is 11.1. The van der Waals surface area contributed by atoms with Crippen molar-refractivity contribution in [3.63, 3.8) is 0 Å². The zero-order valence-corrected chi connectivity index (χ0v) is 8.50. The molecule has 0 aliphatic heterocycles. The Morgan fingerprint density at radius 1 is 1.62 bits per heavy atom. The molecule has 13 heavy (non-hydrogen) atoms. The van der Waals surface area contributed by atoms with Crippen LogP contribution in [-0.4, -0.2) is 24.0 Å². The van der Waals surface area contributed by atoms with Crippen LogP contribution in [0.5, 0.6) is 0 Å². The maximum Gasteiger partial charge on any atom is 0.408 e. The number of hydrazone groups is 1. The highest BCUT2D eigenvalue weighted by Gasteiger charge is 2.16. The summed E-state index contributed by atoms with van der Waals surface area (Å²) >= 11 is 0. The van der Waals surface area contributed by atoms with Gasteiger partial charge in [0.15, 0.2) is 0 Å². The molecule has 0 unspecified atom stereocenters. The third-order valence-corrected chi connectivity index (χ3v) is 1.05. The standard InChI is InChI=1S/C8H17N3O2/c1-6(5-10-9)11-7(12)13-8(2,3)4/h5-6H,9H2,1-4H3,(H,11,12)/b10-5+/t6-/m1/s1. The van der Waals surface area contributed by atoms with Crippen LogP contribution >= 0.6 is 0 Å². The predicted molar refractivity (Wildman–Crippen MR) is 51.5 cm³/mol. The molecule has 0 heterocycles. The van der Waals surface area contributed by atoms with Crippen LogP contribution in [0.25, 0.3) is 0 Å². The van der Waals surface area contributed by atoms with Crippen molar-refractivity contribution in [1.29, 1.82) is 0 Å². The first-order valence-electron chi connectivity index (χ1n) is 4.08. The highest BCUT2D eigenvalue weighted by atomic mass is 16.6. The molecule has 0 aromatic carbocycles. The number of hydrogen-bond acceptors (Lipinski definition) is 4. The van der Waals surface area contributed by atoms with Crippen LogP contribution in [0.15, 0.2) is 5.10 Å². The van der Waals surface area contributed by atoms with Crippen molar-refractivity contribution in [2.75, 3.05) is 0 Å². The molecule has 0 aromatic heterocycles. The van der Waals surface area contributed by atoms with Crippen molar-refractivity contribution < 1.29 is 9.53 Å². The molecule has 0 spiro atoms. The first kappa shape index (κ1) is 11.7. The van der Waals surface area contributed by atoms with Gasteiger partial charge in [-0.15, -0.1) is 0 Å². The highest BCUT2D eigenvalue weighted by Crippen LogP contribution is 2.06. The molecular formula is C8H17N3O2. The second-order valence-corrected chi connectivity index (χ2v) is 3.73. The van der Waals surface area contributed by atoms with E-state index in [4.69, 9.17) is 10.6 Å². The normalized spacial score (nSPS) is 14.2. The molecule has 0 fully saturated rings. The SMILES string of the molecule is C[C@H](/C=N/N)NC(=O)OC(C)(C)C. The highest BCUT2D eigenvalue weighted by molar-refractivity contribution is 5.74. The van der Waals surface area contributed by atoms with Crippen LogP contribution in [0.3, 0.4) is 0 Å². The van der Waals surface area contributed by atoms with Gasteiger partial charge in [-0.05, 0) is 27.7 Å². The summed E-state index contributed by atoms with van der Waals surface area (Å²) < 4.78 is 5.00. The lowest BCUT2D eigenvalue weighted by molar-refractivity contribution is 0.0522. The lowest BCUT2D eigenvalue weighted by Gasteiger charge is -2.20. The van der Waals surface area contributed by atoms with Gasteiger partial charge in [0, 0.05) is 6.21 Å². The van der Waals surface area contributed by atoms with E-state index in [9.17, 15) is 4.79 Å². The molecule has 1 atom stereocenters. The van der Waals surface area contributed by atoms with Crippen LogP contribution in [0.1, 0.15) is 27.7 Å². The average molecular weight is 187 g/mol. The number of amides is 1. The lowest BCUT2D eigenvalue weighted by atomic mass is 10.2. The third kappa shape index (κ3) is 7.11. The van der Waals surface area contributed by atoms with E-state index in [1.165, 1.54) is 6.21 Å². The molecule has 76 valence electrons. The molecule has 0 radical (unpaired) electrons. The molecule has 0 rings (SSSR count). The average Bonchev–Trinajstić information content (AvgIpc) is 1.81. The van der Waals surface area contributed by atoms with E-state index in [0.717, 1.165) is 0 Å². The van der Waals surface area contributed by atoms with Gasteiger partial charge in [-0.2, -0.15) is 5.10 Å². The molecule has 5 heteroatoms. The number of hydrogen-bond donors (Lipinski definition) is 2. The molecular weight excluding hydrogens is 170 g/mol. The summed E-state index contributed by atoms with van der Waals surface area (Å²) in [6.07, 6.45) is 0.948. The van der Waals surface area contributed by atoms with Gasteiger partial charge in [-0.1, -0.05) is 0 Å². The van der Waals surface area contributed by atoms with E-state index in [-0.39, 0.29) is 6.04 Å². The zero-order chi connectivity index (χ0) is 10.5. The predicted octanol–water partition coefficient (Wildman–Crippen LogP) is 0.844. The molecule has 0 saturated heterocycles. The van der Waals surface area contributed by atoms with Crippen LogP contribution in [0, 0.1) is 0 Å². The molecule has 0 aromatic rings. The van der Waals surface area contributed by atoms with E-state index >= 15 is 0 Å². The van der Waals surface area contributed by atoms with Crippen molar-refractivity contribution in [2.45, 2.75) is 39.3 Å². The van der Waals surface area contributed by atoms with Gasteiger partial charge in [0.05, 0.1) is 6.04 Å². The first-order chi connectivity index (χ1) is 5.85. The minimum Gasteiger partial charge on any atom is -0.444 e. The Morgan fingerprint density at radius 2 is 2.15 bits per heavy atom. The smallest absolute Gasteiger partial charge is 0.408 e. The van der Waals surface area contributed by atoms with Crippen molar-refractivity contribution in [2.24, 2.45) is 10.9 Å². The van der Waals surface area contributed by atoms with Gasteiger partial charge >= 0.3 is 6.09 Å². The Kier molecular flexibility index (Phi) is 4.23.